The Kier molecular flexibility index (Phi) is 10.1. The van der Waals surface area contributed by atoms with Crippen LogP contribution < -0.4 is 21.7 Å². The van der Waals surface area contributed by atoms with E-state index in [1.54, 1.807) is 23.3 Å². The molecule has 0 aromatic carbocycles. The first-order valence-electron chi connectivity index (χ1n) is 16.9. The summed E-state index contributed by atoms with van der Waals surface area (Å²) in [5.41, 5.74) is 3.73. The Balaban J connectivity index is 1.31. The highest BCUT2D eigenvalue weighted by Gasteiger charge is 2.70. The van der Waals surface area contributed by atoms with Crippen molar-refractivity contribution in [3.8, 4) is 0 Å². The molecule has 13 heteroatoms. The molecule has 5 N–H and O–H groups in total. The van der Waals surface area contributed by atoms with E-state index in [0.717, 1.165) is 32.1 Å². The Morgan fingerprint density at radius 2 is 1.79 bits per heavy atom. The number of nitrogens with two attached hydrogens (primary N) is 1. The van der Waals surface area contributed by atoms with Crippen molar-refractivity contribution < 1.29 is 32.9 Å². The average Bonchev–Trinajstić information content (AvgIpc) is 3.70. The molecule has 4 aliphatic rings. The molecule has 1 aromatic rings. The monoisotopic (exact) mass is 673 g/mol. The number of nitrogens with one attached hydrogen (secondary N) is 3. The molecule has 4 unspecified atom stereocenters. The number of urea groups is 1. The molecular formula is C34H51N5O7S. The first kappa shape index (κ1) is 35.3. The van der Waals surface area contributed by atoms with Gasteiger partial charge in [0.2, 0.25) is 17.6 Å². The quantitative estimate of drug-likeness (QED) is 0.183. The molecule has 3 saturated carbocycles. The maximum absolute atomic E-state index is 14.4. The third-order valence-electron chi connectivity index (χ3n) is 10.8. The van der Waals surface area contributed by atoms with Crippen LogP contribution in [0.5, 0.6) is 0 Å². The summed E-state index contributed by atoms with van der Waals surface area (Å²) in [5, 5.41) is 8.84. The predicted octanol–water partition coefficient (Wildman–Crippen LogP) is 2.77. The topological polar surface area (TPSA) is 187 Å². The van der Waals surface area contributed by atoms with Gasteiger partial charge >= 0.3 is 6.03 Å². The Bertz CT molecular complexity index is 1350. The fourth-order valence-corrected chi connectivity index (χ4v) is 9.39. The number of piperidine rings is 1. The molecule has 47 heavy (non-hydrogen) atoms. The van der Waals surface area contributed by atoms with Crippen LogP contribution in [-0.4, -0.2) is 75.0 Å². The molecule has 12 nitrogen and oxygen atoms in total. The molecule has 0 bridgehead atoms. The van der Waals surface area contributed by atoms with Crippen LogP contribution in [0.3, 0.4) is 0 Å². The lowest BCUT2D eigenvalue weighted by molar-refractivity contribution is -0.145. The van der Waals surface area contributed by atoms with E-state index in [1.807, 2.05) is 20.8 Å². The number of hydrogen-bond acceptors (Lipinski definition) is 7. The molecule has 1 saturated heterocycles. The van der Waals surface area contributed by atoms with Gasteiger partial charge in [-0.1, -0.05) is 66.7 Å². The van der Waals surface area contributed by atoms with Crippen LogP contribution in [0.1, 0.15) is 91.7 Å². The summed E-state index contributed by atoms with van der Waals surface area (Å²) in [5.74, 6) is -1.43. The fourth-order valence-electron chi connectivity index (χ4n) is 7.83. The maximum atomic E-state index is 14.4. The zero-order chi connectivity index (χ0) is 34.3. The summed E-state index contributed by atoms with van der Waals surface area (Å²) in [6.45, 7) is 10.0. The third kappa shape index (κ3) is 7.98. The van der Waals surface area contributed by atoms with E-state index in [-0.39, 0.29) is 40.6 Å². The highest BCUT2D eigenvalue weighted by atomic mass is 32.2. The van der Waals surface area contributed by atoms with E-state index < -0.39 is 63.9 Å². The molecule has 260 valence electrons. The molecule has 1 aromatic heterocycles. The van der Waals surface area contributed by atoms with Crippen molar-refractivity contribution in [3.05, 3.63) is 24.2 Å². The standard InChI is InChI=1S/C34H51N5O7S/c1-32(2,3)27(37-31(44)38-34(13-7-6-8-14-34)19-47(45)18-21-10-9-15-46-21)30(43)39-17-22-24(33(22,4)5)25(39)29(42)36-23(16-20-11-12-20)26(40)28(35)41/h9-10,15,20,22-25,27H,6-8,11-14,16-19H2,1-5H3,(H2,35,41)(H,36,42)(H2,37,38,44)/t22?,23?,24?,25-,27+,47?/m0/s1. The molecule has 6 atom stereocenters. The lowest BCUT2D eigenvalue weighted by Crippen LogP contribution is -2.64. The Hall–Kier alpha value is -3.06. The normalized spacial score (nSPS) is 26.3. The number of carbonyl (C=O) groups excluding carboxylic acids is 5. The van der Waals surface area contributed by atoms with Crippen LogP contribution in [-0.2, 0) is 36.1 Å². The number of amides is 5. The van der Waals surface area contributed by atoms with Crippen molar-refractivity contribution >= 4 is 40.7 Å². The van der Waals surface area contributed by atoms with Crippen LogP contribution in [0.2, 0.25) is 0 Å². The van der Waals surface area contributed by atoms with Gasteiger partial charge in [0.1, 0.15) is 17.8 Å². The molecule has 5 amide bonds. The smallest absolute Gasteiger partial charge is 0.316 e. The third-order valence-corrected chi connectivity index (χ3v) is 12.3. The molecule has 5 rings (SSSR count). The first-order chi connectivity index (χ1) is 22.0. The van der Waals surface area contributed by atoms with Gasteiger partial charge in [-0.05, 0) is 71.2 Å². The van der Waals surface area contributed by atoms with E-state index in [9.17, 15) is 28.5 Å². The summed E-state index contributed by atoms with van der Waals surface area (Å²) in [4.78, 5) is 67.9. The van der Waals surface area contributed by atoms with Crippen molar-refractivity contribution in [2.24, 2.45) is 34.3 Å². The van der Waals surface area contributed by atoms with Crippen LogP contribution in [0, 0.1) is 28.6 Å². The molecule has 1 aliphatic heterocycles. The second kappa shape index (κ2) is 13.4. The van der Waals surface area contributed by atoms with Crippen molar-refractivity contribution in [2.45, 2.75) is 115 Å². The predicted molar refractivity (Wildman–Crippen MR) is 176 cm³/mol. The maximum Gasteiger partial charge on any atom is 0.316 e. The molecule has 2 heterocycles. The molecule has 0 spiro atoms. The minimum Gasteiger partial charge on any atom is -0.616 e. The Morgan fingerprint density at radius 3 is 2.36 bits per heavy atom. The van der Waals surface area contributed by atoms with Gasteiger partial charge in [-0.25, -0.2) is 4.79 Å². The number of ketones is 1. The number of furan rings is 1. The second-order valence-corrected chi connectivity index (χ2v) is 17.4. The minimum absolute atomic E-state index is 0.0834. The van der Waals surface area contributed by atoms with E-state index in [4.69, 9.17) is 10.2 Å². The second-order valence-electron chi connectivity index (χ2n) is 15.9. The van der Waals surface area contributed by atoms with E-state index >= 15 is 0 Å². The van der Waals surface area contributed by atoms with E-state index in [0.29, 0.717) is 31.6 Å². The Labute approximate surface area is 280 Å². The number of carbonyl (C=O) groups is 5. The van der Waals surface area contributed by atoms with Gasteiger partial charge in [0.15, 0.2) is 11.5 Å². The largest absolute Gasteiger partial charge is 0.616 e. The zero-order valence-electron chi connectivity index (χ0n) is 28.3. The van der Waals surface area contributed by atoms with Crippen LogP contribution >= 0.6 is 0 Å². The zero-order valence-corrected chi connectivity index (χ0v) is 29.1. The highest BCUT2D eigenvalue weighted by Crippen LogP contribution is 2.65. The Morgan fingerprint density at radius 1 is 1.11 bits per heavy atom. The minimum atomic E-state index is -1.28. The SMILES string of the molecule is CC1(C)C2CN(C(=O)[C@@H](NC(=O)NC3(C[S+]([O-])Cc4ccco4)CCCCC3)C(C)(C)C)[C@H](C(=O)NC(CC3CC3)C(=O)C(N)=O)C21. The number of likely N-dealkylation sites (tertiary alicyclic amines) is 1. The lowest BCUT2D eigenvalue weighted by Gasteiger charge is -2.40. The fraction of sp³-hybridized carbons (Fsp3) is 0.735. The number of primary amides is 1. The molecule has 4 fully saturated rings. The number of fused-ring (bicyclic) bond motifs is 1. The number of rotatable bonds is 13. The van der Waals surface area contributed by atoms with Gasteiger partial charge in [0.05, 0.1) is 17.8 Å². The van der Waals surface area contributed by atoms with Gasteiger partial charge in [0, 0.05) is 6.54 Å². The summed E-state index contributed by atoms with van der Waals surface area (Å²) in [6, 6.07) is 0.167. The van der Waals surface area contributed by atoms with Crippen molar-refractivity contribution in [1.29, 1.82) is 0 Å². The number of nitrogens with zero attached hydrogens (tertiary/aromatic N) is 1. The molecule has 3 aliphatic carbocycles. The van der Waals surface area contributed by atoms with Gasteiger partial charge in [-0.3, -0.25) is 19.2 Å². The average molecular weight is 674 g/mol. The summed E-state index contributed by atoms with van der Waals surface area (Å²) in [6.07, 6.45) is 7.90. The molecule has 0 radical (unpaired) electrons. The van der Waals surface area contributed by atoms with Gasteiger partial charge in [0.25, 0.3) is 5.91 Å². The van der Waals surface area contributed by atoms with E-state index in [1.165, 1.54) is 0 Å². The van der Waals surface area contributed by atoms with Crippen molar-refractivity contribution in [3.63, 3.8) is 0 Å². The van der Waals surface area contributed by atoms with Crippen molar-refractivity contribution in [1.82, 2.24) is 20.9 Å². The van der Waals surface area contributed by atoms with Crippen LogP contribution in [0.15, 0.2) is 22.8 Å². The number of Topliss-reactive ketones (excluding diaryl/α,β-unsaturated/α-hetero) is 1. The number of hydrogen-bond donors (Lipinski definition) is 4. The van der Waals surface area contributed by atoms with Crippen LogP contribution in [0.4, 0.5) is 4.79 Å². The van der Waals surface area contributed by atoms with E-state index in [2.05, 4.69) is 29.8 Å². The molecular weight excluding hydrogens is 622 g/mol. The van der Waals surface area contributed by atoms with Gasteiger partial charge in [-0.2, -0.15) is 0 Å². The van der Waals surface area contributed by atoms with Crippen LogP contribution in [0.25, 0.3) is 0 Å². The summed E-state index contributed by atoms with van der Waals surface area (Å²) < 4.78 is 18.6. The lowest BCUT2D eigenvalue weighted by atomic mass is 9.83. The summed E-state index contributed by atoms with van der Waals surface area (Å²) in [7, 11) is 0. The highest BCUT2D eigenvalue weighted by molar-refractivity contribution is 7.90. The van der Waals surface area contributed by atoms with Gasteiger partial charge < -0.3 is 35.6 Å². The first-order valence-corrected chi connectivity index (χ1v) is 18.4. The van der Waals surface area contributed by atoms with Gasteiger partial charge in [-0.15, -0.1) is 0 Å². The summed E-state index contributed by atoms with van der Waals surface area (Å²) >= 11 is -1.28. The van der Waals surface area contributed by atoms with Crippen molar-refractivity contribution in [2.75, 3.05) is 12.3 Å².